The van der Waals surface area contributed by atoms with E-state index in [2.05, 4.69) is 34.3 Å². The standard InChI is InChI=1S/C20H26N6/c1-3-4-5-17-11-19(26-9-8-16(22)13-26)25-20(23-17)24-18-7-6-14(2)15(10-18)12-21/h6-7,10-11,16H,3-5,8-9,13,22H2,1-2H3,(H,23,24,25)/t16-/m0/s1. The number of hydrogen-bond donors (Lipinski definition) is 2. The lowest BCUT2D eigenvalue weighted by molar-refractivity contribution is 0.750. The number of rotatable bonds is 6. The lowest BCUT2D eigenvalue weighted by atomic mass is 10.1. The Morgan fingerprint density at radius 2 is 2.19 bits per heavy atom. The third-order valence-electron chi connectivity index (χ3n) is 4.72. The molecule has 0 spiro atoms. The van der Waals surface area contributed by atoms with Crippen LogP contribution in [0.2, 0.25) is 0 Å². The number of hydrogen-bond acceptors (Lipinski definition) is 6. The molecule has 1 aliphatic rings. The predicted octanol–water partition coefficient (Wildman–Crippen LogP) is 3.28. The van der Waals surface area contributed by atoms with Crippen LogP contribution in [0.15, 0.2) is 24.3 Å². The normalized spacial score (nSPS) is 16.5. The van der Waals surface area contributed by atoms with Gasteiger partial charge < -0.3 is 16.0 Å². The molecule has 1 aromatic heterocycles. The average molecular weight is 350 g/mol. The van der Waals surface area contributed by atoms with Gasteiger partial charge in [0.2, 0.25) is 5.95 Å². The van der Waals surface area contributed by atoms with Gasteiger partial charge in [0.1, 0.15) is 5.82 Å². The summed E-state index contributed by atoms with van der Waals surface area (Å²) in [5.74, 6) is 1.50. The summed E-state index contributed by atoms with van der Waals surface area (Å²) < 4.78 is 0. The van der Waals surface area contributed by atoms with E-state index in [1.807, 2.05) is 25.1 Å². The zero-order valence-electron chi connectivity index (χ0n) is 15.5. The highest BCUT2D eigenvalue weighted by Crippen LogP contribution is 2.23. The van der Waals surface area contributed by atoms with E-state index in [1.54, 1.807) is 0 Å². The van der Waals surface area contributed by atoms with Gasteiger partial charge >= 0.3 is 0 Å². The minimum atomic E-state index is 0.204. The fourth-order valence-corrected chi connectivity index (χ4v) is 3.13. The topological polar surface area (TPSA) is 90.9 Å². The van der Waals surface area contributed by atoms with Crippen LogP contribution in [0.25, 0.3) is 0 Å². The first-order chi connectivity index (χ1) is 12.6. The second kappa shape index (κ2) is 8.15. The molecule has 0 saturated carbocycles. The SMILES string of the molecule is CCCCc1cc(N2CC[C@H](N)C2)nc(Nc2ccc(C)c(C#N)c2)n1. The van der Waals surface area contributed by atoms with E-state index in [0.29, 0.717) is 11.5 Å². The smallest absolute Gasteiger partial charge is 0.229 e. The number of aryl methyl sites for hydroxylation is 2. The van der Waals surface area contributed by atoms with Crippen molar-refractivity contribution in [2.75, 3.05) is 23.3 Å². The lowest BCUT2D eigenvalue weighted by Crippen LogP contribution is -2.27. The molecule has 2 heterocycles. The summed E-state index contributed by atoms with van der Waals surface area (Å²) in [7, 11) is 0. The van der Waals surface area contributed by atoms with Crippen LogP contribution in [-0.4, -0.2) is 29.1 Å². The molecule has 0 aliphatic carbocycles. The molecule has 1 aromatic carbocycles. The Bertz CT molecular complexity index is 810. The number of nitrogens with two attached hydrogens (primary N) is 1. The number of anilines is 3. The average Bonchev–Trinajstić information content (AvgIpc) is 3.08. The summed E-state index contributed by atoms with van der Waals surface area (Å²) in [6, 6.07) is 10.2. The second-order valence-electron chi connectivity index (χ2n) is 6.91. The van der Waals surface area contributed by atoms with Crippen LogP contribution in [0.1, 0.15) is 43.0 Å². The third-order valence-corrected chi connectivity index (χ3v) is 4.72. The molecule has 1 fully saturated rings. The predicted molar refractivity (Wildman–Crippen MR) is 105 cm³/mol. The van der Waals surface area contributed by atoms with Crippen molar-refractivity contribution in [1.29, 1.82) is 5.26 Å². The van der Waals surface area contributed by atoms with Crippen molar-refractivity contribution < 1.29 is 0 Å². The zero-order valence-corrected chi connectivity index (χ0v) is 15.5. The van der Waals surface area contributed by atoms with Crippen LogP contribution in [0.3, 0.4) is 0 Å². The summed E-state index contributed by atoms with van der Waals surface area (Å²) >= 11 is 0. The second-order valence-corrected chi connectivity index (χ2v) is 6.91. The summed E-state index contributed by atoms with van der Waals surface area (Å²) in [4.78, 5) is 11.6. The summed E-state index contributed by atoms with van der Waals surface area (Å²) in [5.41, 5.74) is 9.53. The molecule has 0 radical (unpaired) electrons. The summed E-state index contributed by atoms with van der Waals surface area (Å²) in [6.45, 7) is 5.86. The fourth-order valence-electron chi connectivity index (χ4n) is 3.13. The molecule has 1 aliphatic heterocycles. The highest BCUT2D eigenvalue weighted by Gasteiger charge is 2.21. The third kappa shape index (κ3) is 4.30. The number of benzene rings is 1. The first-order valence-corrected chi connectivity index (χ1v) is 9.25. The van der Waals surface area contributed by atoms with E-state index in [4.69, 9.17) is 10.7 Å². The fraction of sp³-hybridized carbons (Fsp3) is 0.450. The molecule has 26 heavy (non-hydrogen) atoms. The zero-order chi connectivity index (χ0) is 18.5. The quantitative estimate of drug-likeness (QED) is 0.831. The number of nitriles is 1. The first-order valence-electron chi connectivity index (χ1n) is 9.25. The molecule has 1 atom stereocenters. The van der Waals surface area contributed by atoms with E-state index in [0.717, 1.165) is 61.5 Å². The van der Waals surface area contributed by atoms with Gasteiger partial charge in [-0.05, 0) is 43.9 Å². The molecule has 1 saturated heterocycles. The molecule has 0 amide bonds. The van der Waals surface area contributed by atoms with Gasteiger partial charge in [0.15, 0.2) is 0 Å². The van der Waals surface area contributed by atoms with Crippen molar-refractivity contribution in [2.24, 2.45) is 5.73 Å². The van der Waals surface area contributed by atoms with Crippen LogP contribution in [0.5, 0.6) is 0 Å². The maximum Gasteiger partial charge on any atom is 0.229 e. The van der Waals surface area contributed by atoms with Gasteiger partial charge in [0, 0.05) is 36.6 Å². The Morgan fingerprint density at radius 1 is 1.35 bits per heavy atom. The number of aromatic nitrogens is 2. The van der Waals surface area contributed by atoms with Crippen molar-refractivity contribution in [3.63, 3.8) is 0 Å². The van der Waals surface area contributed by atoms with E-state index in [-0.39, 0.29) is 6.04 Å². The molecule has 6 nitrogen and oxygen atoms in total. The van der Waals surface area contributed by atoms with Crippen LogP contribution < -0.4 is 16.0 Å². The van der Waals surface area contributed by atoms with Crippen LogP contribution in [0, 0.1) is 18.3 Å². The highest BCUT2D eigenvalue weighted by atomic mass is 15.2. The minimum absolute atomic E-state index is 0.204. The van der Waals surface area contributed by atoms with Gasteiger partial charge in [-0.15, -0.1) is 0 Å². The molecule has 3 N–H and O–H groups in total. The molecule has 2 aromatic rings. The van der Waals surface area contributed by atoms with Crippen LogP contribution in [-0.2, 0) is 6.42 Å². The van der Waals surface area contributed by atoms with Gasteiger partial charge in [0.25, 0.3) is 0 Å². The molecule has 6 heteroatoms. The van der Waals surface area contributed by atoms with E-state index >= 15 is 0 Å². The first kappa shape index (κ1) is 18.2. The molecule has 0 unspecified atom stereocenters. The molecular formula is C20H26N6. The van der Waals surface area contributed by atoms with Crippen molar-refractivity contribution >= 4 is 17.5 Å². The van der Waals surface area contributed by atoms with Gasteiger partial charge in [-0.3, -0.25) is 0 Å². The summed E-state index contributed by atoms with van der Waals surface area (Å²) in [5, 5.41) is 12.5. The monoisotopic (exact) mass is 350 g/mol. The van der Waals surface area contributed by atoms with Gasteiger partial charge in [-0.25, -0.2) is 4.98 Å². The van der Waals surface area contributed by atoms with E-state index < -0.39 is 0 Å². The highest BCUT2D eigenvalue weighted by molar-refractivity contribution is 5.59. The Labute approximate surface area is 155 Å². The molecule has 136 valence electrons. The Morgan fingerprint density at radius 3 is 2.88 bits per heavy atom. The van der Waals surface area contributed by atoms with Crippen LogP contribution in [0.4, 0.5) is 17.5 Å². The largest absolute Gasteiger partial charge is 0.355 e. The van der Waals surface area contributed by atoms with Crippen molar-refractivity contribution in [2.45, 2.75) is 45.6 Å². The van der Waals surface area contributed by atoms with Gasteiger partial charge in [0.05, 0.1) is 11.6 Å². The number of nitrogens with one attached hydrogen (secondary N) is 1. The van der Waals surface area contributed by atoms with Crippen LogP contribution >= 0.6 is 0 Å². The van der Waals surface area contributed by atoms with Crippen molar-refractivity contribution in [1.82, 2.24) is 9.97 Å². The summed E-state index contributed by atoms with van der Waals surface area (Å²) in [6.07, 6.45) is 4.14. The Hall–Kier alpha value is -2.65. The Kier molecular flexibility index (Phi) is 5.69. The minimum Gasteiger partial charge on any atom is -0.355 e. The molecule has 0 bridgehead atoms. The molecule has 3 rings (SSSR count). The van der Waals surface area contributed by atoms with Crippen molar-refractivity contribution in [3.8, 4) is 6.07 Å². The van der Waals surface area contributed by atoms with E-state index in [9.17, 15) is 5.26 Å². The van der Waals surface area contributed by atoms with Crippen molar-refractivity contribution in [3.05, 3.63) is 41.1 Å². The van der Waals surface area contributed by atoms with E-state index in [1.165, 1.54) is 0 Å². The number of unbranched alkanes of at least 4 members (excludes halogenated alkanes) is 1. The maximum atomic E-state index is 9.24. The Balaban J connectivity index is 1.88. The van der Waals surface area contributed by atoms with Gasteiger partial charge in [-0.1, -0.05) is 19.4 Å². The van der Waals surface area contributed by atoms with Gasteiger partial charge in [-0.2, -0.15) is 10.2 Å². The number of nitrogens with zero attached hydrogens (tertiary/aromatic N) is 4. The lowest BCUT2D eigenvalue weighted by Gasteiger charge is -2.19. The molecular weight excluding hydrogens is 324 g/mol. The maximum absolute atomic E-state index is 9.24.